The molecule has 2 saturated heterocycles. The van der Waals surface area contributed by atoms with Gasteiger partial charge in [0, 0.05) is 42.1 Å². The third-order valence-corrected chi connectivity index (χ3v) is 6.44. The van der Waals surface area contributed by atoms with Crippen molar-refractivity contribution in [2.24, 2.45) is 0 Å². The zero-order valence-electron chi connectivity index (χ0n) is 14.6. The van der Waals surface area contributed by atoms with Crippen molar-refractivity contribution in [3.05, 3.63) is 42.4 Å². The van der Waals surface area contributed by atoms with Crippen molar-refractivity contribution < 1.29 is 13.9 Å². The number of morpholine rings is 1. The van der Waals surface area contributed by atoms with Crippen LogP contribution >= 0.6 is 11.8 Å². The highest BCUT2D eigenvalue weighted by atomic mass is 32.2. The minimum absolute atomic E-state index is 0.0290. The zero-order valence-corrected chi connectivity index (χ0v) is 15.5. The number of thioether (sulfide) groups is 1. The third-order valence-electron chi connectivity index (χ3n) is 5.21. The van der Waals surface area contributed by atoms with Gasteiger partial charge in [0.05, 0.1) is 19.4 Å². The van der Waals surface area contributed by atoms with Gasteiger partial charge in [-0.3, -0.25) is 9.69 Å². The normalized spacial score (nSPS) is 23.8. The fraction of sp³-hybridized carbons (Fsp3) is 0.474. The number of amides is 1. The van der Waals surface area contributed by atoms with E-state index in [1.807, 2.05) is 36.0 Å². The van der Waals surface area contributed by atoms with E-state index in [1.54, 1.807) is 6.20 Å². The molecule has 138 valence electrons. The molecule has 0 bridgehead atoms. The van der Waals surface area contributed by atoms with Crippen LogP contribution in [0.1, 0.15) is 16.8 Å². The third kappa shape index (κ3) is 3.65. The van der Waals surface area contributed by atoms with Gasteiger partial charge in [-0.05, 0) is 24.3 Å². The molecular formula is C19H23N3O3S. The summed E-state index contributed by atoms with van der Waals surface area (Å²) in [6.45, 7) is 4.14. The van der Waals surface area contributed by atoms with Crippen LogP contribution in [-0.4, -0.2) is 65.7 Å². The van der Waals surface area contributed by atoms with E-state index in [9.17, 15) is 4.79 Å². The van der Waals surface area contributed by atoms with Crippen LogP contribution in [0.3, 0.4) is 0 Å². The average molecular weight is 373 g/mol. The predicted molar refractivity (Wildman–Crippen MR) is 101 cm³/mol. The fourth-order valence-corrected chi connectivity index (χ4v) is 5.10. The second kappa shape index (κ2) is 7.82. The summed E-state index contributed by atoms with van der Waals surface area (Å²) >= 11 is 1.97. The number of hydrogen-bond acceptors (Lipinski definition) is 6. The first-order chi connectivity index (χ1) is 12.8. The van der Waals surface area contributed by atoms with Gasteiger partial charge in [0.15, 0.2) is 12.2 Å². The largest absolute Gasteiger partial charge is 0.444 e. The van der Waals surface area contributed by atoms with Gasteiger partial charge in [-0.1, -0.05) is 12.1 Å². The maximum atomic E-state index is 12.6. The van der Waals surface area contributed by atoms with Crippen LogP contribution in [0.5, 0.6) is 0 Å². The van der Waals surface area contributed by atoms with Crippen molar-refractivity contribution >= 4 is 17.7 Å². The van der Waals surface area contributed by atoms with Crippen molar-refractivity contribution in [1.82, 2.24) is 15.2 Å². The van der Waals surface area contributed by atoms with E-state index in [-0.39, 0.29) is 11.4 Å². The Balaban J connectivity index is 1.40. The molecule has 1 aromatic heterocycles. The standard InChI is InChI=1S/C19H23N3O3S/c23-18(16-3-1-15(2-4-16)17-11-20-14-25-17)21-12-19(5-10-26-13-19)22-6-8-24-9-7-22/h1-4,11,14H,5-10,12-13H2,(H,21,23). The Morgan fingerprint density at radius 3 is 2.73 bits per heavy atom. The van der Waals surface area contributed by atoms with Crippen LogP contribution in [0.15, 0.2) is 41.3 Å². The Bertz CT molecular complexity index is 721. The molecule has 2 aliphatic heterocycles. The highest BCUT2D eigenvalue weighted by Gasteiger charge is 2.40. The summed E-state index contributed by atoms with van der Waals surface area (Å²) in [5.41, 5.74) is 1.64. The molecule has 4 rings (SSSR count). The molecule has 1 N–H and O–H groups in total. The number of benzene rings is 1. The molecular weight excluding hydrogens is 350 g/mol. The minimum Gasteiger partial charge on any atom is -0.444 e. The number of carbonyl (C=O) groups is 1. The summed E-state index contributed by atoms with van der Waals surface area (Å²) in [6, 6.07) is 7.44. The van der Waals surface area contributed by atoms with Crippen LogP contribution in [-0.2, 0) is 4.74 Å². The van der Waals surface area contributed by atoms with Gasteiger partial charge in [-0.25, -0.2) is 4.98 Å². The molecule has 7 heteroatoms. The second-order valence-corrected chi connectivity index (χ2v) is 7.86. The second-order valence-electron chi connectivity index (χ2n) is 6.75. The summed E-state index contributed by atoms with van der Waals surface area (Å²) in [7, 11) is 0. The summed E-state index contributed by atoms with van der Waals surface area (Å²) in [5, 5.41) is 3.16. The lowest BCUT2D eigenvalue weighted by molar-refractivity contribution is -0.0129. The number of aromatic nitrogens is 1. The maximum absolute atomic E-state index is 12.6. The van der Waals surface area contributed by atoms with E-state index in [0.717, 1.165) is 49.8 Å². The summed E-state index contributed by atoms with van der Waals surface area (Å²) in [6.07, 6.45) is 4.18. The monoisotopic (exact) mass is 373 g/mol. The van der Waals surface area contributed by atoms with Gasteiger partial charge >= 0.3 is 0 Å². The zero-order chi connectivity index (χ0) is 17.8. The lowest BCUT2D eigenvalue weighted by Gasteiger charge is -2.43. The molecule has 1 amide bonds. The molecule has 0 saturated carbocycles. The number of ether oxygens (including phenoxy) is 1. The molecule has 2 aliphatic rings. The molecule has 1 unspecified atom stereocenters. The van der Waals surface area contributed by atoms with Gasteiger partial charge in [0.2, 0.25) is 0 Å². The topological polar surface area (TPSA) is 67.6 Å². The number of carbonyl (C=O) groups excluding carboxylic acids is 1. The predicted octanol–water partition coefficient (Wildman–Crippen LogP) is 2.28. The molecule has 1 atom stereocenters. The first-order valence-electron chi connectivity index (χ1n) is 8.95. The molecule has 3 heterocycles. The highest BCUT2D eigenvalue weighted by molar-refractivity contribution is 7.99. The Labute approximate surface area is 157 Å². The number of nitrogens with one attached hydrogen (secondary N) is 1. The molecule has 0 spiro atoms. The Kier molecular flexibility index (Phi) is 5.28. The SMILES string of the molecule is O=C(NCC1(N2CCOCC2)CCSC1)c1ccc(-c2cnco2)cc1. The summed E-state index contributed by atoms with van der Waals surface area (Å²) in [5.74, 6) is 2.89. The van der Waals surface area contributed by atoms with Crippen LogP contribution < -0.4 is 5.32 Å². The minimum atomic E-state index is -0.0290. The fourth-order valence-electron chi connectivity index (χ4n) is 3.63. The van der Waals surface area contributed by atoms with Gasteiger partial charge in [-0.2, -0.15) is 11.8 Å². The summed E-state index contributed by atoms with van der Waals surface area (Å²) < 4.78 is 10.8. The van der Waals surface area contributed by atoms with Gasteiger partial charge < -0.3 is 14.5 Å². The first kappa shape index (κ1) is 17.6. The number of rotatable bonds is 5. The van der Waals surface area contributed by atoms with Crippen molar-refractivity contribution in [3.63, 3.8) is 0 Å². The van der Waals surface area contributed by atoms with Gasteiger partial charge in [0.1, 0.15) is 0 Å². The van der Waals surface area contributed by atoms with Crippen LogP contribution in [0.2, 0.25) is 0 Å². The van der Waals surface area contributed by atoms with Crippen LogP contribution in [0.4, 0.5) is 0 Å². The van der Waals surface area contributed by atoms with Crippen LogP contribution in [0.25, 0.3) is 11.3 Å². The smallest absolute Gasteiger partial charge is 0.251 e. The highest BCUT2D eigenvalue weighted by Crippen LogP contribution is 2.33. The van der Waals surface area contributed by atoms with E-state index >= 15 is 0 Å². The Morgan fingerprint density at radius 1 is 1.27 bits per heavy atom. The molecule has 0 radical (unpaired) electrons. The molecule has 26 heavy (non-hydrogen) atoms. The quantitative estimate of drug-likeness (QED) is 0.867. The molecule has 0 aliphatic carbocycles. The van der Waals surface area contributed by atoms with Crippen molar-refractivity contribution in [2.75, 3.05) is 44.4 Å². The van der Waals surface area contributed by atoms with E-state index in [2.05, 4.69) is 15.2 Å². The van der Waals surface area contributed by atoms with Gasteiger partial charge in [0.25, 0.3) is 5.91 Å². The summed E-state index contributed by atoms with van der Waals surface area (Å²) in [4.78, 5) is 19.1. The number of hydrogen-bond donors (Lipinski definition) is 1. The lowest BCUT2D eigenvalue weighted by Crippen LogP contribution is -2.59. The van der Waals surface area contributed by atoms with E-state index in [0.29, 0.717) is 17.9 Å². The molecule has 6 nitrogen and oxygen atoms in total. The van der Waals surface area contributed by atoms with Gasteiger partial charge in [-0.15, -0.1) is 0 Å². The molecule has 2 fully saturated rings. The van der Waals surface area contributed by atoms with E-state index < -0.39 is 0 Å². The van der Waals surface area contributed by atoms with Crippen LogP contribution in [0, 0.1) is 0 Å². The Hall–Kier alpha value is -1.83. The number of oxazole rings is 1. The molecule has 2 aromatic rings. The van der Waals surface area contributed by atoms with Crippen molar-refractivity contribution in [1.29, 1.82) is 0 Å². The average Bonchev–Trinajstić information content (AvgIpc) is 3.40. The van der Waals surface area contributed by atoms with E-state index in [4.69, 9.17) is 9.15 Å². The first-order valence-corrected chi connectivity index (χ1v) is 10.1. The van der Waals surface area contributed by atoms with Crippen molar-refractivity contribution in [3.8, 4) is 11.3 Å². The maximum Gasteiger partial charge on any atom is 0.251 e. The number of nitrogens with zero attached hydrogens (tertiary/aromatic N) is 2. The molecule has 1 aromatic carbocycles. The Morgan fingerprint density at radius 2 is 2.08 bits per heavy atom. The van der Waals surface area contributed by atoms with E-state index in [1.165, 1.54) is 6.39 Å². The van der Waals surface area contributed by atoms with Crippen molar-refractivity contribution in [2.45, 2.75) is 12.0 Å². The lowest BCUT2D eigenvalue weighted by atomic mass is 9.95.